The van der Waals surface area contributed by atoms with Gasteiger partial charge in [-0.15, -0.1) is 0 Å². The van der Waals surface area contributed by atoms with Crippen molar-refractivity contribution in [1.82, 2.24) is 20.5 Å². The molecule has 5 nitrogen and oxygen atoms in total. The zero-order valence-electron chi connectivity index (χ0n) is 9.55. The molecule has 0 aromatic carbocycles. The maximum Gasteiger partial charge on any atom is 0.224 e. The Bertz CT molecular complexity index is 467. The number of nitrogens with one attached hydrogen (secondary N) is 2. The third-order valence-electron chi connectivity index (χ3n) is 2.48. The highest BCUT2D eigenvalue weighted by Crippen LogP contribution is 2.09. The van der Waals surface area contributed by atoms with Crippen LogP contribution in [-0.2, 0) is 11.2 Å². The van der Waals surface area contributed by atoms with Crippen molar-refractivity contribution in [2.24, 2.45) is 0 Å². The molecule has 0 radical (unpaired) electrons. The van der Waals surface area contributed by atoms with Crippen LogP contribution in [0.15, 0.2) is 36.9 Å². The van der Waals surface area contributed by atoms with Crippen LogP contribution in [0.25, 0.3) is 0 Å². The van der Waals surface area contributed by atoms with Crippen LogP contribution in [0.2, 0.25) is 0 Å². The van der Waals surface area contributed by atoms with Gasteiger partial charge in [0.25, 0.3) is 0 Å². The van der Waals surface area contributed by atoms with E-state index in [0.717, 1.165) is 11.1 Å². The molecule has 0 saturated heterocycles. The van der Waals surface area contributed by atoms with E-state index >= 15 is 0 Å². The van der Waals surface area contributed by atoms with E-state index in [-0.39, 0.29) is 11.9 Å². The van der Waals surface area contributed by atoms with Gasteiger partial charge in [-0.1, -0.05) is 6.07 Å². The lowest BCUT2D eigenvalue weighted by Gasteiger charge is -2.11. The molecular formula is C12H14N4O. The van der Waals surface area contributed by atoms with E-state index < -0.39 is 0 Å². The van der Waals surface area contributed by atoms with Gasteiger partial charge in [-0.2, -0.15) is 5.10 Å². The average Bonchev–Trinajstić information content (AvgIpc) is 2.83. The second-order valence-corrected chi connectivity index (χ2v) is 3.86. The van der Waals surface area contributed by atoms with E-state index in [1.807, 2.05) is 19.1 Å². The van der Waals surface area contributed by atoms with E-state index in [0.29, 0.717) is 6.42 Å². The molecule has 88 valence electrons. The first-order chi connectivity index (χ1) is 8.25. The van der Waals surface area contributed by atoms with Crippen molar-refractivity contribution in [2.75, 3.05) is 0 Å². The molecule has 2 N–H and O–H groups in total. The van der Waals surface area contributed by atoms with Crippen LogP contribution in [0.1, 0.15) is 24.1 Å². The predicted octanol–water partition coefficient (Wildman–Crippen LogP) is 1.22. The maximum absolute atomic E-state index is 11.7. The molecule has 0 aliphatic heterocycles. The Morgan fingerprint density at radius 2 is 2.41 bits per heavy atom. The number of hydrogen-bond donors (Lipinski definition) is 2. The van der Waals surface area contributed by atoms with Gasteiger partial charge in [-0.05, 0) is 18.6 Å². The number of amides is 1. The highest BCUT2D eigenvalue weighted by molar-refractivity contribution is 5.78. The Balaban J connectivity index is 1.90. The van der Waals surface area contributed by atoms with Crippen molar-refractivity contribution in [2.45, 2.75) is 19.4 Å². The Kier molecular flexibility index (Phi) is 3.49. The van der Waals surface area contributed by atoms with Crippen LogP contribution >= 0.6 is 0 Å². The van der Waals surface area contributed by atoms with Crippen molar-refractivity contribution in [1.29, 1.82) is 0 Å². The molecule has 2 rings (SSSR count). The van der Waals surface area contributed by atoms with Gasteiger partial charge in [0, 0.05) is 24.2 Å². The second-order valence-electron chi connectivity index (χ2n) is 3.86. The second kappa shape index (κ2) is 5.25. The number of carbonyl (C=O) groups is 1. The van der Waals surface area contributed by atoms with E-state index in [2.05, 4.69) is 20.5 Å². The van der Waals surface area contributed by atoms with Crippen molar-refractivity contribution in [3.05, 3.63) is 48.0 Å². The van der Waals surface area contributed by atoms with Gasteiger partial charge in [0.2, 0.25) is 5.91 Å². The molecule has 0 saturated carbocycles. The summed E-state index contributed by atoms with van der Waals surface area (Å²) >= 11 is 0. The molecule has 0 bridgehead atoms. The van der Waals surface area contributed by atoms with Gasteiger partial charge in [-0.25, -0.2) is 0 Å². The number of pyridine rings is 1. The highest BCUT2D eigenvalue weighted by atomic mass is 16.1. The Hall–Kier alpha value is -2.17. The fourth-order valence-electron chi connectivity index (χ4n) is 1.56. The molecule has 0 aliphatic carbocycles. The number of H-pyrrole nitrogens is 1. The first-order valence-electron chi connectivity index (χ1n) is 5.42. The molecule has 1 amide bonds. The third-order valence-corrected chi connectivity index (χ3v) is 2.48. The van der Waals surface area contributed by atoms with Crippen molar-refractivity contribution in [3.8, 4) is 0 Å². The number of aromatic amines is 1. The Morgan fingerprint density at radius 3 is 3.06 bits per heavy atom. The molecule has 1 atom stereocenters. The van der Waals surface area contributed by atoms with Crippen LogP contribution < -0.4 is 5.32 Å². The minimum absolute atomic E-state index is 0.0216. The maximum atomic E-state index is 11.7. The largest absolute Gasteiger partial charge is 0.349 e. The van der Waals surface area contributed by atoms with Gasteiger partial charge in [-0.3, -0.25) is 14.9 Å². The van der Waals surface area contributed by atoms with Gasteiger partial charge < -0.3 is 5.32 Å². The third kappa shape index (κ3) is 3.14. The monoisotopic (exact) mass is 230 g/mol. The van der Waals surface area contributed by atoms with Crippen LogP contribution in [0.5, 0.6) is 0 Å². The summed E-state index contributed by atoms with van der Waals surface area (Å²) in [5, 5.41) is 9.47. The van der Waals surface area contributed by atoms with E-state index in [1.165, 1.54) is 0 Å². The number of aromatic nitrogens is 3. The minimum Gasteiger partial charge on any atom is -0.349 e. The van der Waals surface area contributed by atoms with Gasteiger partial charge in [0.05, 0.1) is 18.7 Å². The Labute approximate surface area is 99.3 Å². The highest BCUT2D eigenvalue weighted by Gasteiger charge is 2.10. The Morgan fingerprint density at radius 1 is 1.53 bits per heavy atom. The van der Waals surface area contributed by atoms with E-state index in [1.54, 1.807) is 24.8 Å². The van der Waals surface area contributed by atoms with E-state index in [9.17, 15) is 4.79 Å². The van der Waals surface area contributed by atoms with Gasteiger partial charge >= 0.3 is 0 Å². The summed E-state index contributed by atoms with van der Waals surface area (Å²) < 4.78 is 0. The van der Waals surface area contributed by atoms with Gasteiger partial charge in [0.15, 0.2) is 0 Å². The summed E-state index contributed by atoms with van der Waals surface area (Å²) in [6.07, 6.45) is 7.21. The molecular weight excluding hydrogens is 216 g/mol. The normalized spacial score (nSPS) is 12.1. The quantitative estimate of drug-likeness (QED) is 0.829. The predicted molar refractivity (Wildman–Crippen MR) is 63.1 cm³/mol. The molecule has 5 heteroatoms. The van der Waals surface area contributed by atoms with Gasteiger partial charge in [0.1, 0.15) is 0 Å². The van der Waals surface area contributed by atoms with Crippen molar-refractivity contribution in [3.63, 3.8) is 0 Å². The number of carbonyl (C=O) groups excluding carboxylic acids is 1. The van der Waals surface area contributed by atoms with E-state index in [4.69, 9.17) is 0 Å². The van der Waals surface area contributed by atoms with Crippen LogP contribution in [0.3, 0.4) is 0 Å². The lowest BCUT2D eigenvalue weighted by molar-refractivity contribution is -0.121. The fourth-order valence-corrected chi connectivity index (χ4v) is 1.56. The lowest BCUT2D eigenvalue weighted by Crippen LogP contribution is -2.27. The zero-order valence-corrected chi connectivity index (χ0v) is 9.55. The summed E-state index contributed by atoms with van der Waals surface area (Å²) in [7, 11) is 0. The summed E-state index contributed by atoms with van der Waals surface area (Å²) in [5.74, 6) is -0.0216. The number of nitrogens with zero attached hydrogens (tertiary/aromatic N) is 2. The number of rotatable bonds is 4. The molecule has 17 heavy (non-hydrogen) atoms. The molecule has 2 aromatic rings. The smallest absolute Gasteiger partial charge is 0.224 e. The minimum atomic E-state index is -0.0436. The standard InChI is InChI=1S/C12H14N4O/c1-9(11-7-14-15-8-11)16-12(17)5-10-3-2-4-13-6-10/h2-4,6-9H,5H2,1H3,(H,14,15)(H,16,17). The SMILES string of the molecule is CC(NC(=O)Cc1cccnc1)c1cn[nH]c1. The summed E-state index contributed by atoms with van der Waals surface area (Å²) in [5.41, 5.74) is 1.87. The molecule has 0 spiro atoms. The topological polar surface area (TPSA) is 70.7 Å². The first-order valence-corrected chi connectivity index (χ1v) is 5.42. The zero-order chi connectivity index (χ0) is 12.1. The fraction of sp³-hybridized carbons (Fsp3) is 0.250. The molecule has 0 fully saturated rings. The molecule has 2 heterocycles. The molecule has 1 unspecified atom stereocenters. The summed E-state index contributed by atoms with van der Waals surface area (Å²) in [4.78, 5) is 15.7. The van der Waals surface area contributed by atoms with Crippen LogP contribution in [0, 0.1) is 0 Å². The number of hydrogen-bond acceptors (Lipinski definition) is 3. The lowest BCUT2D eigenvalue weighted by atomic mass is 10.1. The van der Waals surface area contributed by atoms with Crippen molar-refractivity contribution >= 4 is 5.91 Å². The van der Waals surface area contributed by atoms with Crippen LogP contribution in [0.4, 0.5) is 0 Å². The molecule has 0 aliphatic rings. The summed E-state index contributed by atoms with van der Waals surface area (Å²) in [6.45, 7) is 1.92. The molecule has 2 aromatic heterocycles. The summed E-state index contributed by atoms with van der Waals surface area (Å²) in [6, 6.07) is 3.66. The van der Waals surface area contributed by atoms with Crippen molar-refractivity contribution < 1.29 is 4.79 Å². The average molecular weight is 230 g/mol. The van der Waals surface area contributed by atoms with Crippen LogP contribution in [-0.4, -0.2) is 21.1 Å². The first kappa shape index (κ1) is 11.3.